The number of ether oxygens (including phenoxy) is 5. The van der Waals surface area contributed by atoms with Crippen LogP contribution in [0.15, 0.2) is 277 Å². The van der Waals surface area contributed by atoms with Gasteiger partial charge in [-0.05, 0) is 159 Å². The number of benzene rings is 4. The molecule has 20 rings (SSSR count). The first-order valence-electron chi connectivity index (χ1n) is 44.7. The van der Waals surface area contributed by atoms with Crippen molar-refractivity contribution in [1.29, 1.82) is 0 Å². The van der Waals surface area contributed by atoms with Crippen molar-refractivity contribution in [2.75, 3.05) is 56.2 Å². The molecule has 0 aliphatic carbocycles. The lowest BCUT2D eigenvalue weighted by Crippen LogP contribution is -2.29. The second kappa shape index (κ2) is 41.7. The van der Waals surface area contributed by atoms with Crippen LogP contribution < -0.4 is 46.6 Å². The zero-order chi connectivity index (χ0) is 97.0. The number of nitrogen functional groups attached to an aromatic ring is 4. The molecular formula is C102H96F4N24O9. The summed E-state index contributed by atoms with van der Waals surface area (Å²) in [7, 11) is 1.64. The molecule has 37 heteroatoms. The number of carbonyl (C=O) groups excluding carboxylic acids is 4. The number of methoxy groups -OCH3 is 1. The molecule has 4 atom stereocenters. The highest BCUT2D eigenvalue weighted by molar-refractivity contribution is 5.92. The molecule has 16 heterocycles. The van der Waals surface area contributed by atoms with Gasteiger partial charge in [0.1, 0.15) is 129 Å². The smallest absolute Gasteiger partial charge is 0.416 e. The van der Waals surface area contributed by atoms with E-state index in [1.807, 2.05) is 109 Å². The molecule has 0 radical (unpaired) electrons. The summed E-state index contributed by atoms with van der Waals surface area (Å²) < 4.78 is 87.1. The molecule has 4 aromatic carbocycles. The Balaban J connectivity index is 0.000000128. The van der Waals surface area contributed by atoms with Gasteiger partial charge in [-0.2, -0.15) is 13.2 Å². The van der Waals surface area contributed by atoms with Crippen LogP contribution in [0, 0.1) is 5.82 Å². The number of alkyl halides is 3. The lowest BCUT2D eigenvalue weighted by molar-refractivity contribution is -0.137. The molecule has 4 amide bonds. The lowest BCUT2D eigenvalue weighted by Gasteiger charge is -2.22. The molecule has 0 saturated carbocycles. The third-order valence-corrected chi connectivity index (χ3v) is 24.3. The van der Waals surface area contributed by atoms with Crippen molar-refractivity contribution in [2.45, 2.75) is 108 Å². The Kier molecular flexibility index (Phi) is 28.1. The van der Waals surface area contributed by atoms with E-state index in [0.717, 1.165) is 120 Å². The number of anilines is 4. The van der Waals surface area contributed by atoms with Gasteiger partial charge in [-0.3, -0.25) is 36.8 Å². The zero-order valence-electron chi connectivity index (χ0n) is 75.6. The maximum absolute atomic E-state index is 13.1. The number of aromatic nitrogens is 16. The second-order valence-corrected chi connectivity index (χ2v) is 32.8. The van der Waals surface area contributed by atoms with Crippen LogP contribution in [0.25, 0.3) is 67.1 Å². The summed E-state index contributed by atoms with van der Waals surface area (Å²) in [6.07, 6.45) is 28.1. The monoisotopic (exact) mass is 1880 g/mol. The van der Waals surface area contributed by atoms with Crippen LogP contribution in [0.2, 0.25) is 0 Å². The van der Waals surface area contributed by atoms with Crippen molar-refractivity contribution in [3.05, 3.63) is 334 Å². The number of nitrogens with zero attached hydrogens (tertiary/aromatic N) is 20. The summed E-state index contributed by atoms with van der Waals surface area (Å²) in [5, 5.41) is 0. The Hall–Kier alpha value is -17.3. The first kappa shape index (κ1) is 93.5. The molecule has 33 nitrogen and oxygen atoms in total. The Morgan fingerprint density at radius 2 is 0.633 bits per heavy atom. The number of imidazole rings is 4. The maximum atomic E-state index is 13.1. The summed E-state index contributed by atoms with van der Waals surface area (Å²) in [5.41, 5.74) is 36.0. The Morgan fingerprint density at radius 3 is 0.885 bits per heavy atom. The Labute approximate surface area is 794 Å². The van der Waals surface area contributed by atoms with Gasteiger partial charge in [-0.15, -0.1) is 0 Å². The van der Waals surface area contributed by atoms with E-state index in [1.165, 1.54) is 48.6 Å². The molecule has 4 fully saturated rings. The first-order chi connectivity index (χ1) is 67.5. The predicted molar refractivity (Wildman–Crippen MR) is 513 cm³/mol. The molecule has 12 aromatic heterocycles. The molecule has 4 aliphatic heterocycles. The second-order valence-electron chi connectivity index (χ2n) is 32.8. The van der Waals surface area contributed by atoms with Gasteiger partial charge in [0, 0.05) is 147 Å². The zero-order valence-corrected chi connectivity index (χ0v) is 75.6. The molecule has 139 heavy (non-hydrogen) atoms. The molecular weight excluding hydrogens is 1780 g/mol. The van der Waals surface area contributed by atoms with E-state index in [9.17, 15) is 36.7 Å². The molecule has 8 N–H and O–H groups in total. The van der Waals surface area contributed by atoms with Crippen molar-refractivity contribution >= 4 is 69.0 Å². The number of likely N-dealkylation sites (tertiary alicyclic amines) is 4. The van der Waals surface area contributed by atoms with Gasteiger partial charge >= 0.3 is 6.18 Å². The van der Waals surface area contributed by atoms with E-state index in [4.69, 9.17) is 66.6 Å². The van der Waals surface area contributed by atoms with Gasteiger partial charge < -0.3 is 66.2 Å². The average Bonchev–Trinajstić information content (AvgIpc) is 1.62. The van der Waals surface area contributed by atoms with Crippen LogP contribution in [0.1, 0.15) is 127 Å². The van der Waals surface area contributed by atoms with E-state index in [2.05, 4.69) is 66.2 Å². The van der Waals surface area contributed by atoms with Gasteiger partial charge in [0.2, 0.25) is 47.1 Å². The van der Waals surface area contributed by atoms with Crippen molar-refractivity contribution in [1.82, 2.24) is 97.0 Å². The van der Waals surface area contributed by atoms with E-state index < -0.39 is 11.7 Å². The van der Waals surface area contributed by atoms with E-state index in [-0.39, 0.29) is 66.8 Å². The summed E-state index contributed by atoms with van der Waals surface area (Å²) in [6.45, 7) is 18.3. The van der Waals surface area contributed by atoms with Crippen molar-refractivity contribution < 1.29 is 60.4 Å². The molecule has 4 saturated heterocycles. The van der Waals surface area contributed by atoms with Crippen LogP contribution in [-0.2, 0) is 51.8 Å². The number of hydrogen-bond donors (Lipinski definition) is 4. The van der Waals surface area contributed by atoms with Gasteiger partial charge in [0.15, 0.2) is 0 Å². The molecule has 4 aliphatic rings. The summed E-state index contributed by atoms with van der Waals surface area (Å²) in [4.78, 5) is 111. The van der Waals surface area contributed by atoms with Crippen LogP contribution in [0.4, 0.5) is 40.8 Å². The predicted octanol–water partition coefficient (Wildman–Crippen LogP) is 16.4. The van der Waals surface area contributed by atoms with Crippen LogP contribution >= 0.6 is 0 Å². The highest BCUT2D eigenvalue weighted by Gasteiger charge is 2.39. The highest BCUT2D eigenvalue weighted by Crippen LogP contribution is 2.43. The van der Waals surface area contributed by atoms with E-state index >= 15 is 0 Å². The number of rotatable bonds is 25. The molecule has 16 aromatic rings. The number of carbonyl (C=O) groups is 4. The average molecular weight is 1880 g/mol. The van der Waals surface area contributed by atoms with Gasteiger partial charge in [-0.1, -0.05) is 93.0 Å². The van der Waals surface area contributed by atoms with Crippen molar-refractivity contribution in [3.63, 3.8) is 0 Å². The summed E-state index contributed by atoms with van der Waals surface area (Å²) in [5.74, 6) is 6.06. The summed E-state index contributed by atoms with van der Waals surface area (Å²) in [6, 6.07) is 42.2. The quantitative estimate of drug-likeness (QED) is 0.0305. The number of hydrogen-bond acceptors (Lipinski definition) is 25. The number of nitrogens with two attached hydrogens (primary N) is 4. The number of halogens is 4. The molecule has 0 unspecified atom stereocenters. The Morgan fingerprint density at radius 1 is 0.367 bits per heavy atom. The number of pyridine rings is 4. The minimum absolute atomic E-state index is 0.0633. The largest absolute Gasteiger partial charge is 0.497 e. The summed E-state index contributed by atoms with van der Waals surface area (Å²) >= 11 is 0. The molecule has 0 spiro atoms. The normalized spacial score (nSPS) is 15.6. The van der Waals surface area contributed by atoms with E-state index in [1.54, 1.807) is 125 Å². The molecule has 0 bridgehead atoms. The minimum Gasteiger partial charge on any atom is -0.497 e. The van der Waals surface area contributed by atoms with Crippen LogP contribution in [-0.4, -0.2) is 154 Å². The SMILES string of the molecule is C=CC(=O)N1CCC[C@H]1c1nc(-c2ccc(OCc3ccc(C(F)(F)F)cc3)nc2)c2c(N)nccn12.C=CC(=O)N1CCC[C@H]1c1nc(-c2ccc(OCc3ccc(F)cc3)nc2)c2c(N)nccn12.C=CC(=O)N1CCC[C@H]1c1nc(-c2ccc(OCc3ccc(OC)cc3)nc2)c2c(N)nccn12.C=CC(=O)N1CCC[C@H]1c1nc(-c2ccc(OCc3ccccc3)nc2)c2c(N)nccn12. The standard InChI is InChI=1S/C26H23F3N6O2.C26H26N6O3.C25H23FN6O2.C25H24N6O2/c1-2-21(36)34-12-3-4-19(34)25-33-22(23-24(30)31-11-13-35(23)25)17-7-10-20(32-14-17)37-15-16-5-8-18(9-6-16)26(27,28)29;1-3-22(33)31-13-4-5-20(31)26-30-23(24-25(27)28-12-14-32(24)26)18-8-11-21(29-15-18)35-16-17-6-9-19(34-2)10-7-17;1-2-21(33)31-12-3-4-19(31)25-30-22(23-24(27)28-11-13-32(23)25)17-7-10-20(29-14-17)34-15-16-5-8-18(26)9-6-16;1-2-21(32)30-13-6-9-19(30)25-29-22(23-24(26)27-12-14-31(23)25)18-10-11-20(28-15-18)33-16-17-7-4-3-5-8-17/h2,5-11,13-14,19H,1,3-4,12,15H2,(H2,30,31);3,6-12,14-15,20H,1,4-5,13,16H2,2H3,(H2,27,28);2,5-11,13-14,19H,1,3-4,12,15H2,(H2,27,28);2-5,7-8,10-12,14-15,19H,1,6,9,13,16H2,(H2,26,27)/t19-;20-;2*19-/m0000/s1. The fraction of sp³-hybridized carbons (Fsp3) is 0.216. The van der Waals surface area contributed by atoms with Gasteiger partial charge in [0.05, 0.1) is 36.8 Å². The fourth-order valence-corrected chi connectivity index (χ4v) is 17.5. The molecule has 706 valence electrons. The number of amides is 4. The van der Waals surface area contributed by atoms with E-state index in [0.29, 0.717) is 148 Å². The van der Waals surface area contributed by atoms with Gasteiger partial charge in [0.25, 0.3) is 0 Å². The lowest BCUT2D eigenvalue weighted by atomic mass is 10.1. The van der Waals surface area contributed by atoms with Gasteiger partial charge in [-0.25, -0.2) is 64.2 Å². The van der Waals surface area contributed by atoms with Crippen LogP contribution in [0.5, 0.6) is 29.3 Å². The third-order valence-electron chi connectivity index (χ3n) is 24.3. The number of fused-ring (bicyclic) bond motifs is 4. The Bertz CT molecular complexity index is 7170. The maximum Gasteiger partial charge on any atom is 0.416 e. The van der Waals surface area contributed by atoms with Crippen molar-refractivity contribution in [2.24, 2.45) is 0 Å². The third kappa shape index (κ3) is 20.4. The van der Waals surface area contributed by atoms with Crippen molar-refractivity contribution in [3.8, 4) is 74.3 Å². The highest BCUT2D eigenvalue weighted by atomic mass is 19.4. The fourth-order valence-electron chi connectivity index (χ4n) is 17.5. The minimum atomic E-state index is -4.38. The van der Waals surface area contributed by atoms with Crippen LogP contribution in [0.3, 0.4) is 0 Å². The first-order valence-corrected chi connectivity index (χ1v) is 44.7. The topological polar surface area (TPSA) is 404 Å².